The van der Waals surface area contributed by atoms with Gasteiger partial charge in [0.25, 0.3) is 0 Å². The Hall–Kier alpha value is -2.10. The summed E-state index contributed by atoms with van der Waals surface area (Å²) in [5, 5.41) is 0. The van der Waals surface area contributed by atoms with E-state index in [2.05, 4.69) is 27.9 Å². The number of aryl methyl sites for hydroxylation is 1. The van der Waals surface area contributed by atoms with E-state index in [1.807, 2.05) is 18.2 Å². The van der Waals surface area contributed by atoms with Crippen LogP contribution in [0, 0.1) is 0 Å². The number of nitrogens with two attached hydrogens (primary N) is 1. The fourth-order valence-electron chi connectivity index (χ4n) is 3.02. The van der Waals surface area contributed by atoms with Crippen molar-refractivity contribution >= 4 is 11.5 Å². The zero-order valence-electron chi connectivity index (χ0n) is 12.5. The molecule has 3 rings (SSSR count). The number of rotatable bonds is 4. The Labute approximate surface area is 126 Å². The second-order valence-electron chi connectivity index (χ2n) is 5.59. The Morgan fingerprint density at radius 1 is 1.19 bits per heavy atom. The van der Waals surface area contributed by atoms with E-state index in [1.165, 1.54) is 29.7 Å². The van der Waals surface area contributed by atoms with E-state index in [1.54, 1.807) is 6.33 Å². The van der Waals surface area contributed by atoms with Crippen molar-refractivity contribution in [2.24, 2.45) is 0 Å². The fraction of sp³-hybridized carbons (Fsp3) is 0.412. The van der Waals surface area contributed by atoms with Gasteiger partial charge in [0.15, 0.2) is 0 Å². The molecule has 1 aromatic heterocycles. The summed E-state index contributed by atoms with van der Waals surface area (Å²) in [6.07, 6.45) is 6.37. The van der Waals surface area contributed by atoms with E-state index in [0.717, 1.165) is 37.4 Å². The number of hydrogen-bond donors (Lipinski definition) is 1. The van der Waals surface area contributed by atoms with E-state index < -0.39 is 0 Å². The standard InChI is InChI=1S/C17H22N4/c1-2-21(11-13-6-5-7-14(18)10-13)17-15-8-3-4-9-16(15)19-12-20-17/h5-7,10,12H,2-4,8-9,11,18H2,1H3. The van der Waals surface area contributed by atoms with Crippen molar-refractivity contribution in [1.29, 1.82) is 0 Å². The molecule has 2 N–H and O–H groups in total. The van der Waals surface area contributed by atoms with Gasteiger partial charge in [0.05, 0.1) is 0 Å². The van der Waals surface area contributed by atoms with Gasteiger partial charge in [-0.15, -0.1) is 0 Å². The van der Waals surface area contributed by atoms with Gasteiger partial charge in [-0.3, -0.25) is 0 Å². The lowest BCUT2D eigenvalue weighted by molar-refractivity contribution is 0.654. The molecule has 0 unspecified atom stereocenters. The molecular formula is C17H22N4. The molecule has 1 aromatic carbocycles. The van der Waals surface area contributed by atoms with Crippen LogP contribution in [0.1, 0.15) is 36.6 Å². The molecule has 2 aromatic rings. The molecule has 4 heteroatoms. The minimum atomic E-state index is 0.813. The first-order valence-electron chi connectivity index (χ1n) is 7.70. The second kappa shape index (κ2) is 6.12. The maximum absolute atomic E-state index is 5.88. The first kappa shape index (κ1) is 13.9. The van der Waals surface area contributed by atoms with Gasteiger partial charge in [-0.25, -0.2) is 9.97 Å². The SMILES string of the molecule is CCN(Cc1cccc(N)c1)c1ncnc2c1CCCC2. The molecule has 0 fully saturated rings. The number of nitrogen functional groups attached to an aromatic ring is 1. The summed E-state index contributed by atoms with van der Waals surface area (Å²) in [4.78, 5) is 11.3. The van der Waals surface area contributed by atoms with Crippen molar-refractivity contribution in [2.75, 3.05) is 17.2 Å². The monoisotopic (exact) mass is 282 g/mol. The molecule has 110 valence electrons. The van der Waals surface area contributed by atoms with E-state index in [-0.39, 0.29) is 0 Å². The molecular weight excluding hydrogens is 260 g/mol. The molecule has 21 heavy (non-hydrogen) atoms. The van der Waals surface area contributed by atoms with Gasteiger partial charge in [0, 0.05) is 30.0 Å². The van der Waals surface area contributed by atoms with Crippen LogP contribution >= 0.6 is 0 Å². The van der Waals surface area contributed by atoms with Crippen LogP contribution in [-0.2, 0) is 19.4 Å². The number of hydrogen-bond acceptors (Lipinski definition) is 4. The second-order valence-corrected chi connectivity index (χ2v) is 5.59. The smallest absolute Gasteiger partial charge is 0.135 e. The topological polar surface area (TPSA) is 55.0 Å². The van der Waals surface area contributed by atoms with Crippen LogP contribution in [0.15, 0.2) is 30.6 Å². The lowest BCUT2D eigenvalue weighted by atomic mass is 9.96. The molecule has 1 heterocycles. The van der Waals surface area contributed by atoms with E-state index in [9.17, 15) is 0 Å². The molecule has 1 aliphatic carbocycles. The third-order valence-corrected chi connectivity index (χ3v) is 4.11. The summed E-state index contributed by atoms with van der Waals surface area (Å²) in [7, 11) is 0. The lowest BCUT2D eigenvalue weighted by Gasteiger charge is -2.27. The van der Waals surface area contributed by atoms with Crippen LogP contribution in [0.2, 0.25) is 0 Å². The molecule has 0 amide bonds. The highest BCUT2D eigenvalue weighted by Crippen LogP contribution is 2.28. The van der Waals surface area contributed by atoms with Crippen molar-refractivity contribution < 1.29 is 0 Å². The maximum atomic E-state index is 5.88. The largest absolute Gasteiger partial charge is 0.399 e. The van der Waals surface area contributed by atoms with Crippen LogP contribution in [0.3, 0.4) is 0 Å². The molecule has 4 nitrogen and oxygen atoms in total. The molecule has 0 bridgehead atoms. The van der Waals surface area contributed by atoms with Gasteiger partial charge >= 0.3 is 0 Å². The van der Waals surface area contributed by atoms with Crippen LogP contribution < -0.4 is 10.6 Å². The van der Waals surface area contributed by atoms with Gasteiger partial charge in [0.2, 0.25) is 0 Å². The number of benzene rings is 1. The first-order chi connectivity index (χ1) is 10.3. The Balaban J connectivity index is 1.90. The fourth-order valence-corrected chi connectivity index (χ4v) is 3.02. The Morgan fingerprint density at radius 2 is 2.05 bits per heavy atom. The summed E-state index contributed by atoms with van der Waals surface area (Å²) in [6.45, 7) is 3.94. The van der Waals surface area contributed by atoms with Crippen molar-refractivity contribution in [3.05, 3.63) is 47.4 Å². The maximum Gasteiger partial charge on any atom is 0.135 e. The average molecular weight is 282 g/mol. The minimum Gasteiger partial charge on any atom is -0.399 e. The quantitative estimate of drug-likeness (QED) is 0.876. The van der Waals surface area contributed by atoms with Gasteiger partial charge < -0.3 is 10.6 Å². The molecule has 1 aliphatic rings. The normalized spacial score (nSPS) is 13.8. The molecule has 0 aliphatic heterocycles. The molecule has 0 radical (unpaired) electrons. The summed E-state index contributed by atoms with van der Waals surface area (Å²) >= 11 is 0. The predicted molar refractivity (Wildman–Crippen MR) is 86.3 cm³/mol. The number of aromatic nitrogens is 2. The average Bonchev–Trinajstić information content (AvgIpc) is 2.52. The first-order valence-corrected chi connectivity index (χ1v) is 7.70. The van der Waals surface area contributed by atoms with Crippen molar-refractivity contribution in [1.82, 2.24) is 9.97 Å². The van der Waals surface area contributed by atoms with Gasteiger partial charge in [0.1, 0.15) is 12.1 Å². The summed E-state index contributed by atoms with van der Waals surface area (Å²) < 4.78 is 0. The number of anilines is 2. The third-order valence-electron chi connectivity index (χ3n) is 4.11. The Morgan fingerprint density at radius 3 is 2.86 bits per heavy atom. The zero-order valence-corrected chi connectivity index (χ0v) is 12.5. The summed E-state index contributed by atoms with van der Waals surface area (Å²) in [5.74, 6) is 1.10. The highest BCUT2D eigenvalue weighted by Gasteiger charge is 2.19. The predicted octanol–water partition coefficient (Wildman–Crippen LogP) is 2.96. The van der Waals surface area contributed by atoms with Gasteiger partial charge in [-0.2, -0.15) is 0 Å². The highest BCUT2D eigenvalue weighted by atomic mass is 15.2. The van der Waals surface area contributed by atoms with Crippen molar-refractivity contribution in [3.63, 3.8) is 0 Å². The highest BCUT2D eigenvalue weighted by molar-refractivity contribution is 5.51. The Kier molecular flexibility index (Phi) is 4.04. The molecule has 0 saturated heterocycles. The minimum absolute atomic E-state index is 0.813. The van der Waals surface area contributed by atoms with Crippen LogP contribution in [0.4, 0.5) is 11.5 Å². The molecule has 0 atom stereocenters. The van der Waals surface area contributed by atoms with Crippen molar-refractivity contribution in [3.8, 4) is 0 Å². The lowest BCUT2D eigenvalue weighted by Crippen LogP contribution is -2.26. The van der Waals surface area contributed by atoms with E-state index in [0.29, 0.717) is 0 Å². The van der Waals surface area contributed by atoms with Gasteiger partial charge in [-0.05, 0) is 50.3 Å². The van der Waals surface area contributed by atoms with E-state index >= 15 is 0 Å². The summed E-state index contributed by atoms with van der Waals surface area (Å²) in [5.41, 5.74) is 10.5. The zero-order chi connectivity index (χ0) is 14.7. The summed E-state index contributed by atoms with van der Waals surface area (Å²) in [6, 6.07) is 8.09. The molecule has 0 saturated carbocycles. The molecule has 0 spiro atoms. The number of nitrogens with zero attached hydrogens (tertiary/aromatic N) is 3. The van der Waals surface area contributed by atoms with E-state index in [4.69, 9.17) is 5.73 Å². The number of fused-ring (bicyclic) bond motifs is 1. The van der Waals surface area contributed by atoms with Crippen LogP contribution in [-0.4, -0.2) is 16.5 Å². The van der Waals surface area contributed by atoms with Crippen LogP contribution in [0.25, 0.3) is 0 Å². The van der Waals surface area contributed by atoms with Crippen LogP contribution in [0.5, 0.6) is 0 Å². The third kappa shape index (κ3) is 2.99. The van der Waals surface area contributed by atoms with Crippen molar-refractivity contribution in [2.45, 2.75) is 39.2 Å². The Bertz CT molecular complexity index is 624. The van der Waals surface area contributed by atoms with Gasteiger partial charge in [-0.1, -0.05) is 12.1 Å².